The average Bonchev–Trinajstić information content (AvgIpc) is 2.92. The molecule has 2 unspecified atom stereocenters. The van der Waals surface area contributed by atoms with Crippen molar-refractivity contribution >= 4 is 0 Å². The molecule has 35 heavy (non-hydrogen) atoms. The van der Waals surface area contributed by atoms with Crippen LogP contribution in [0.3, 0.4) is 0 Å². The van der Waals surface area contributed by atoms with Crippen LogP contribution in [0.4, 0.5) is 0 Å². The minimum absolute atomic E-state index is 0.656. The highest BCUT2D eigenvalue weighted by Gasteiger charge is 2.30. The first-order chi connectivity index (χ1) is 17.2. The van der Waals surface area contributed by atoms with E-state index < -0.39 is 0 Å². The molecule has 0 bridgehead atoms. The van der Waals surface area contributed by atoms with E-state index in [-0.39, 0.29) is 0 Å². The Morgan fingerprint density at radius 3 is 1.77 bits per heavy atom. The molecule has 0 spiro atoms. The first-order valence-corrected chi connectivity index (χ1v) is 16.0. The van der Waals surface area contributed by atoms with Crippen LogP contribution in [0, 0.1) is 29.6 Å². The Hall–Kier alpha value is -1.04. The fourth-order valence-corrected chi connectivity index (χ4v) is 7.74. The number of unbranched alkanes of at least 4 members (excludes halogenated alkanes) is 3. The molecule has 0 heterocycles. The van der Waals surface area contributed by atoms with Gasteiger partial charge in [-0.15, -0.1) is 0 Å². The van der Waals surface area contributed by atoms with Crippen molar-refractivity contribution in [3.63, 3.8) is 0 Å². The summed E-state index contributed by atoms with van der Waals surface area (Å²) >= 11 is 0. The van der Waals surface area contributed by atoms with Crippen LogP contribution in [0.25, 0.3) is 0 Å². The second kappa shape index (κ2) is 14.6. The zero-order valence-corrected chi connectivity index (χ0v) is 23.4. The molecule has 0 saturated heterocycles. The van der Waals surface area contributed by atoms with Gasteiger partial charge in [-0.1, -0.05) is 114 Å². The Morgan fingerprint density at radius 1 is 0.571 bits per heavy atom. The van der Waals surface area contributed by atoms with Crippen molar-refractivity contribution in [1.29, 1.82) is 0 Å². The number of hydrogen-bond donors (Lipinski definition) is 0. The second-order valence-electron chi connectivity index (χ2n) is 12.8. The summed E-state index contributed by atoms with van der Waals surface area (Å²) in [6.07, 6.45) is 32.6. The van der Waals surface area contributed by atoms with Crippen LogP contribution in [0.5, 0.6) is 0 Å². The molecule has 3 aliphatic rings. The van der Waals surface area contributed by atoms with Gasteiger partial charge in [0.1, 0.15) is 0 Å². The van der Waals surface area contributed by atoms with E-state index in [1.54, 1.807) is 24.0 Å². The van der Waals surface area contributed by atoms with Gasteiger partial charge in [0.15, 0.2) is 0 Å². The number of benzene rings is 1. The molecule has 0 radical (unpaired) electrons. The Bertz CT molecular complexity index is 711. The van der Waals surface area contributed by atoms with Crippen LogP contribution in [0.2, 0.25) is 0 Å². The van der Waals surface area contributed by atoms with E-state index in [1.807, 2.05) is 0 Å². The van der Waals surface area contributed by atoms with Crippen LogP contribution < -0.4 is 0 Å². The summed E-state index contributed by atoms with van der Waals surface area (Å²) in [5.41, 5.74) is 3.11. The third kappa shape index (κ3) is 8.50. The smallest absolute Gasteiger partial charge is 0.00182 e. The minimum Gasteiger partial charge on any atom is -0.0848 e. The number of hydrogen-bond acceptors (Lipinski definition) is 0. The molecule has 3 aliphatic carbocycles. The molecule has 1 aromatic rings. The van der Waals surface area contributed by atoms with Crippen LogP contribution in [-0.4, -0.2) is 0 Å². The van der Waals surface area contributed by atoms with E-state index in [4.69, 9.17) is 0 Å². The van der Waals surface area contributed by atoms with Crippen LogP contribution >= 0.6 is 0 Å². The summed E-state index contributed by atoms with van der Waals surface area (Å²) in [5.74, 6) is 5.68. The highest BCUT2D eigenvalue weighted by molar-refractivity contribution is 5.29. The minimum atomic E-state index is 0.656. The summed E-state index contributed by atoms with van der Waals surface area (Å²) in [7, 11) is 0. The van der Waals surface area contributed by atoms with E-state index in [0.29, 0.717) is 5.92 Å². The Kier molecular flexibility index (Phi) is 11.3. The first-order valence-electron chi connectivity index (χ1n) is 16.0. The van der Waals surface area contributed by atoms with Crippen LogP contribution in [0.15, 0.2) is 36.4 Å². The van der Waals surface area contributed by atoms with Crippen molar-refractivity contribution in [1.82, 2.24) is 0 Å². The van der Waals surface area contributed by atoms with E-state index in [2.05, 4.69) is 50.3 Å². The Labute approximate surface area is 218 Å². The molecule has 2 atom stereocenters. The predicted molar refractivity (Wildman–Crippen MR) is 154 cm³/mol. The van der Waals surface area contributed by atoms with Crippen molar-refractivity contribution in [3.05, 3.63) is 47.5 Å². The molecular formula is C35H56. The molecule has 2 saturated carbocycles. The zero-order valence-electron chi connectivity index (χ0n) is 23.4. The lowest BCUT2D eigenvalue weighted by molar-refractivity contribution is 0.140. The number of rotatable bonds is 12. The van der Waals surface area contributed by atoms with Gasteiger partial charge in [0.25, 0.3) is 0 Å². The fraction of sp³-hybridized carbons (Fsp3) is 0.771. The lowest BCUT2D eigenvalue weighted by atomic mass is 9.68. The lowest BCUT2D eigenvalue weighted by Gasteiger charge is -2.38. The molecule has 4 rings (SSSR count). The number of aryl methyl sites for hydroxylation is 1. The summed E-state index contributed by atoms with van der Waals surface area (Å²) < 4.78 is 0. The summed E-state index contributed by atoms with van der Waals surface area (Å²) in [6, 6.07) is 9.77. The van der Waals surface area contributed by atoms with E-state index >= 15 is 0 Å². The first kappa shape index (κ1) is 27.0. The lowest BCUT2D eigenvalue weighted by Crippen LogP contribution is -2.26. The topological polar surface area (TPSA) is 0 Å². The summed E-state index contributed by atoms with van der Waals surface area (Å²) in [6.45, 7) is 4.65. The van der Waals surface area contributed by atoms with Crippen LogP contribution in [-0.2, 0) is 6.42 Å². The second-order valence-corrected chi connectivity index (χ2v) is 12.8. The third-order valence-electron chi connectivity index (χ3n) is 10.3. The molecule has 0 aliphatic heterocycles. The molecule has 2 fully saturated rings. The van der Waals surface area contributed by atoms with Crippen molar-refractivity contribution in [2.75, 3.05) is 0 Å². The molecule has 0 nitrogen and oxygen atoms in total. The Balaban J connectivity index is 1.13. The fourth-order valence-electron chi connectivity index (χ4n) is 7.74. The Morgan fingerprint density at radius 2 is 1.20 bits per heavy atom. The standard InChI is InChI=1S/C35H56/c1-3-5-7-9-29-14-22-33(23-15-29)35-26-18-31(19-27-35)11-10-30-16-24-34(25-17-30)32-20-12-28(13-21-32)8-6-4-2/h14,18-19,22,26-30,32-34H,3-13,15-17,20-21,23-25H2,1-2H3. The maximum absolute atomic E-state index is 2.53. The van der Waals surface area contributed by atoms with E-state index in [9.17, 15) is 0 Å². The van der Waals surface area contributed by atoms with Gasteiger partial charge in [0, 0.05) is 5.92 Å². The normalized spacial score (nSPS) is 31.5. The molecular weight excluding hydrogens is 420 g/mol. The molecule has 0 heteroatoms. The van der Waals surface area contributed by atoms with Gasteiger partial charge in [-0.05, 0) is 98.5 Å². The van der Waals surface area contributed by atoms with Gasteiger partial charge in [0.2, 0.25) is 0 Å². The molecule has 1 aromatic carbocycles. The maximum atomic E-state index is 2.53. The van der Waals surface area contributed by atoms with Gasteiger partial charge in [-0.3, -0.25) is 0 Å². The number of allylic oxidation sites excluding steroid dienone is 2. The van der Waals surface area contributed by atoms with Gasteiger partial charge >= 0.3 is 0 Å². The quantitative estimate of drug-likeness (QED) is 0.208. The van der Waals surface area contributed by atoms with E-state index in [1.165, 1.54) is 109 Å². The van der Waals surface area contributed by atoms with E-state index in [0.717, 1.165) is 29.6 Å². The van der Waals surface area contributed by atoms with Crippen LogP contribution in [0.1, 0.15) is 146 Å². The van der Waals surface area contributed by atoms with Crippen molar-refractivity contribution in [2.45, 2.75) is 142 Å². The molecule has 0 amide bonds. The summed E-state index contributed by atoms with van der Waals surface area (Å²) in [5, 5.41) is 0. The molecule has 0 aromatic heterocycles. The SMILES string of the molecule is CCCCCC1C=CC(c2ccc(CCC3CCC(C4CCC(CCCC)CC4)CC3)cc2)CC1. The summed E-state index contributed by atoms with van der Waals surface area (Å²) in [4.78, 5) is 0. The van der Waals surface area contributed by atoms with Crippen molar-refractivity contribution in [3.8, 4) is 0 Å². The predicted octanol–water partition coefficient (Wildman–Crippen LogP) is 11.1. The molecule has 0 N–H and O–H groups in total. The average molecular weight is 477 g/mol. The zero-order chi connectivity index (χ0) is 24.3. The maximum Gasteiger partial charge on any atom is 0.00182 e. The van der Waals surface area contributed by atoms with Gasteiger partial charge in [-0.2, -0.15) is 0 Å². The largest absolute Gasteiger partial charge is 0.0848 e. The van der Waals surface area contributed by atoms with Gasteiger partial charge in [0.05, 0.1) is 0 Å². The van der Waals surface area contributed by atoms with Gasteiger partial charge < -0.3 is 0 Å². The highest BCUT2D eigenvalue weighted by atomic mass is 14.4. The highest BCUT2D eigenvalue weighted by Crippen LogP contribution is 2.43. The van der Waals surface area contributed by atoms with Crippen molar-refractivity contribution < 1.29 is 0 Å². The molecule has 196 valence electrons. The van der Waals surface area contributed by atoms with Crippen molar-refractivity contribution in [2.24, 2.45) is 29.6 Å². The monoisotopic (exact) mass is 476 g/mol. The third-order valence-corrected chi connectivity index (χ3v) is 10.3. The van der Waals surface area contributed by atoms with Gasteiger partial charge in [-0.25, -0.2) is 0 Å².